The fourth-order valence-corrected chi connectivity index (χ4v) is 5.09. The van der Waals surface area contributed by atoms with Gasteiger partial charge in [0, 0.05) is 23.9 Å². The van der Waals surface area contributed by atoms with E-state index < -0.39 is 10.0 Å². The molecule has 29 heavy (non-hydrogen) atoms. The maximum atomic E-state index is 13.4. The Morgan fingerprint density at radius 1 is 1.03 bits per heavy atom. The Balaban J connectivity index is 1.60. The van der Waals surface area contributed by atoms with Gasteiger partial charge in [-0.05, 0) is 37.5 Å². The standard InChI is InChI=1S/C23H23N3O2S/c1-16-7-12-20(13-8-16)29(27,28)26-22-15-18(17-5-3-2-4-6-17)9-14-21(22)23(25-26)24-19-10-11-19/h2-9,12-14,18-19H,10-11,15H2,1H3,(H,24,25). The second-order valence-electron chi connectivity index (χ2n) is 7.87. The molecule has 2 aromatic carbocycles. The van der Waals surface area contributed by atoms with Crippen LogP contribution in [-0.4, -0.2) is 23.6 Å². The summed E-state index contributed by atoms with van der Waals surface area (Å²) < 4.78 is 28.1. The molecule has 1 saturated carbocycles. The zero-order valence-electron chi connectivity index (χ0n) is 16.2. The van der Waals surface area contributed by atoms with Crippen LogP contribution in [0.5, 0.6) is 0 Å². The van der Waals surface area contributed by atoms with E-state index in [1.807, 2.05) is 43.3 Å². The van der Waals surface area contributed by atoms with Gasteiger partial charge in [0.05, 0.1) is 10.6 Å². The summed E-state index contributed by atoms with van der Waals surface area (Å²) in [4.78, 5) is 0.261. The number of hydrogen-bond acceptors (Lipinski definition) is 4. The number of nitrogens with one attached hydrogen (secondary N) is 1. The van der Waals surface area contributed by atoms with Crippen LogP contribution in [0.15, 0.2) is 65.6 Å². The second-order valence-corrected chi connectivity index (χ2v) is 9.64. The minimum atomic E-state index is -3.77. The van der Waals surface area contributed by atoms with E-state index in [1.54, 1.807) is 12.1 Å². The number of aromatic nitrogens is 2. The van der Waals surface area contributed by atoms with Gasteiger partial charge in [0.15, 0.2) is 5.82 Å². The number of benzene rings is 2. The number of hydrogen-bond donors (Lipinski definition) is 1. The van der Waals surface area contributed by atoms with E-state index in [0.29, 0.717) is 18.3 Å². The molecular formula is C23H23N3O2S. The summed E-state index contributed by atoms with van der Waals surface area (Å²) in [5, 5.41) is 7.94. The highest BCUT2D eigenvalue weighted by atomic mass is 32.2. The van der Waals surface area contributed by atoms with Crippen molar-refractivity contribution in [3.63, 3.8) is 0 Å². The highest BCUT2D eigenvalue weighted by Gasteiger charge is 2.32. The Hall–Kier alpha value is -2.86. The average molecular weight is 406 g/mol. The summed E-state index contributed by atoms with van der Waals surface area (Å²) in [7, 11) is -3.77. The van der Waals surface area contributed by atoms with Gasteiger partial charge in [-0.2, -0.15) is 12.5 Å². The molecular weight excluding hydrogens is 382 g/mol. The van der Waals surface area contributed by atoms with E-state index in [1.165, 1.54) is 9.65 Å². The van der Waals surface area contributed by atoms with Crippen molar-refractivity contribution in [2.45, 2.75) is 43.0 Å². The molecule has 1 unspecified atom stereocenters. The third-order valence-corrected chi connectivity index (χ3v) is 7.21. The molecule has 1 heterocycles. The number of aryl methyl sites for hydroxylation is 1. The van der Waals surface area contributed by atoms with Crippen molar-refractivity contribution >= 4 is 21.9 Å². The lowest BCUT2D eigenvalue weighted by atomic mass is 9.88. The summed E-state index contributed by atoms with van der Waals surface area (Å²) in [5.74, 6) is 0.794. The molecule has 1 N–H and O–H groups in total. The molecule has 1 atom stereocenters. The lowest BCUT2D eigenvalue weighted by Crippen LogP contribution is -2.20. The molecule has 148 valence electrons. The van der Waals surface area contributed by atoms with E-state index >= 15 is 0 Å². The van der Waals surface area contributed by atoms with Crippen molar-refractivity contribution in [2.75, 3.05) is 5.32 Å². The summed E-state index contributed by atoms with van der Waals surface area (Å²) in [6.45, 7) is 1.94. The number of rotatable bonds is 5. The number of nitrogens with zero attached hydrogens (tertiary/aromatic N) is 2. The fourth-order valence-electron chi connectivity index (χ4n) is 3.76. The molecule has 0 radical (unpaired) electrons. The molecule has 0 bridgehead atoms. The van der Waals surface area contributed by atoms with Gasteiger partial charge in [-0.3, -0.25) is 0 Å². The molecule has 0 spiro atoms. The Morgan fingerprint density at radius 2 is 1.76 bits per heavy atom. The van der Waals surface area contributed by atoms with Gasteiger partial charge in [-0.15, -0.1) is 5.10 Å². The van der Waals surface area contributed by atoms with Crippen molar-refractivity contribution in [3.05, 3.63) is 83.1 Å². The topological polar surface area (TPSA) is 64.0 Å². The van der Waals surface area contributed by atoms with Crippen LogP contribution in [0.3, 0.4) is 0 Å². The van der Waals surface area contributed by atoms with Gasteiger partial charge < -0.3 is 5.32 Å². The number of anilines is 1. The Bertz CT molecular complexity index is 1170. The first kappa shape index (κ1) is 18.2. The van der Waals surface area contributed by atoms with Gasteiger partial charge in [-0.1, -0.05) is 60.2 Å². The maximum Gasteiger partial charge on any atom is 0.283 e. The van der Waals surface area contributed by atoms with E-state index in [9.17, 15) is 8.42 Å². The normalized spacial score (nSPS) is 18.4. The lowest BCUT2D eigenvalue weighted by molar-refractivity contribution is 0.575. The van der Waals surface area contributed by atoms with Crippen LogP contribution < -0.4 is 5.32 Å². The second kappa shape index (κ2) is 6.88. The zero-order chi connectivity index (χ0) is 20.0. The minimum absolute atomic E-state index is 0.126. The van der Waals surface area contributed by atoms with Gasteiger partial charge in [0.1, 0.15) is 0 Å². The van der Waals surface area contributed by atoms with E-state index in [4.69, 9.17) is 0 Å². The third-order valence-electron chi connectivity index (χ3n) is 5.59. The van der Waals surface area contributed by atoms with Crippen molar-refractivity contribution in [2.24, 2.45) is 0 Å². The first-order valence-electron chi connectivity index (χ1n) is 9.96. The Morgan fingerprint density at radius 3 is 2.45 bits per heavy atom. The molecule has 0 amide bonds. The number of fused-ring (bicyclic) bond motifs is 1. The van der Waals surface area contributed by atoms with E-state index in [-0.39, 0.29) is 10.8 Å². The van der Waals surface area contributed by atoms with Crippen molar-refractivity contribution in [1.29, 1.82) is 0 Å². The smallest absolute Gasteiger partial charge is 0.283 e. The lowest BCUT2D eigenvalue weighted by Gasteiger charge is -2.19. The molecule has 5 rings (SSSR count). The molecule has 0 saturated heterocycles. The largest absolute Gasteiger partial charge is 0.365 e. The summed E-state index contributed by atoms with van der Waals surface area (Å²) >= 11 is 0. The maximum absolute atomic E-state index is 13.4. The molecule has 0 aliphatic heterocycles. The molecule has 2 aliphatic rings. The van der Waals surface area contributed by atoms with Crippen LogP contribution >= 0.6 is 0 Å². The van der Waals surface area contributed by atoms with Gasteiger partial charge in [-0.25, -0.2) is 0 Å². The molecule has 1 fully saturated rings. The predicted octanol–water partition coefficient (Wildman–Crippen LogP) is 4.36. The van der Waals surface area contributed by atoms with Crippen molar-refractivity contribution in [1.82, 2.24) is 9.19 Å². The first-order valence-corrected chi connectivity index (χ1v) is 11.4. The highest BCUT2D eigenvalue weighted by Crippen LogP contribution is 2.37. The first-order chi connectivity index (χ1) is 14.0. The van der Waals surface area contributed by atoms with Crippen LogP contribution in [0.1, 0.15) is 41.1 Å². The SMILES string of the molecule is Cc1ccc(S(=O)(=O)n2nc(NC3CC3)c3c2CC(c2ccccc2)C=C3)cc1. The molecule has 2 aliphatic carbocycles. The minimum Gasteiger partial charge on any atom is -0.365 e. The Labute approximate surface area is 171 Å². The monoisotopic (exact) mass is 405 g/mol. The van der Waals surface area contributed by atoms with Gasteiger partial charge in [0.25, 0.3) is 10.0 Å². The molecule has 1 aromatic heterocycles. The Kier molecular flexibility index (Phi) is 4.32. The third kappa shape index (κ3) is 3.38. The van der Waals surface area contributed by atoms with E-state index in [2.05, 4.69) is 28.6 Å². The van der Waals surface area contributed by atoms with Gasteiger partial charge >= 0.3 is 0 Å². The average Bonchev–Trinajstić information content (AvgIpc) is 3.48. The zero-order valence-corrected chi connectivity index (χ0v) is 17.1. The van der Waals surface area contributed by atoms with Crippen molar-refractivity contribution < 1.29 is 8.42 Å². The summed E-state index contributed by atoms with van der Waals surface area (Å²) in [6, 6.07) is 17.5. The van der Waals surface area contributed by atoms with Crippen LogP contribution in [0.2, 0.25) is 0 Å². The van der Waals surface area contributed by atoms with Gasteiger partial charge in [0.2, 0.25) is 0 Å². The summed E-state index contributed by atoms with van der Waals surface area (Å²) in [6.07, 6.45) is 6.97. The summed E-state index contributed by atoms with van der Waals surface area (Å²) in [5.41, 5.74) is 3.83. The molecule has 3 aromatic rings. The van der Waals surface area contributed by atoms with Crippen LogP contribution in [-0.2, 0) is 16.4 Å². The fraction of sp³-hybridized carbons (Fsp3) is 0.261. The quantitative estimate of drug-likeness (QED) is 0.685. The predicted molar refractivity (Wildman–Crippen MR) is 115 cm³/mol. The number of allylic oxidation sites excluding steroid dienone is 1. The van der Waals surface area contributed by atoms with Crippen LogP contribution in [0, 0.1) is 6.92 Å². The van der Waals surface area contributed by atoms with Crippen LogP contribution in [0.25, 0.3) is 6.08 Å². The van der Waals surface area contributed by atoms with E-state index in [0.717, 1.165) is 29.7 Å². The molecule has 6 heteroatoms. The van der Waals surface area contributed by atoms with Crippen LogP contribution in [0.4, 0.5) is 5.82 Å². The highest BCUT2D eigenvalue weighted by molar-refractivity contribution is 7.89. The van der Waals surface area contributed by atoms with Crippen molar-refractivity contribution in [3.8, 4) is 0 Å². The molecule has 5 nitrogen and oxygen atoms in total.